The SMILES string of the molecule is O=C(NCCOCCOCCOCCOCCOCCOCCI)OCc1ccccc1. The molecule has 0 radical (unpaired) electrons. The van der Waals surface area contributed by atoms with Crippen LogP contribution in [0.1, 0.15) is 5.56 Å². The van der Waals surface area contributed by atoms with E-state index in [1.165, 1.54) is 0 Å². The third-order valence-electron chi connectivity index (χ3n) is 3.81. The Labute approximate surface area is 204 Å². The fraction of sp³-hybridized carbons (Fsp3) is 0.682. The van der Waals surface area contributed by atoms with Gasteiger partial charge in [0.2, 0.25) is 0 Å². The summed E-state index contributed by atoms with van der Waals surface area (Å²) >= 11 is 2.27. The highest BCUT2D eigenvalue weighted by atomic mass is 127. The first-order valence-corrected chi connectivity index (χ1v) is 12.3. The number of amides is 1. The van der Waals surface area contributed by atoms with Crippen molar-refractivity contribution in [2.24, 2.45) is 0 Å². The zero-order chi connectivity index (χ0) is 23.0. The summed E-state index contributed by atoms with van der Waals surface area (Å²) in [6, 6.07) is 9.52. The lowest BCUT2D eigenvalue weighted by molar-refractivity contribution is -0.0159. The van der Waals surface area contributed by atoms with E-state index in [1.54, 1.807) is 0 Å². The molecule has 0 saturated heterocycles. The van der Waals surface area contributed by atoms with E-state index in [1.807, 2.05) is 30.3 Å². The van der Waals surface area contributed by atoms with Crippen molar-refractivity contribution in [2.45, 2.75) is 6.61 Å². The van der Waals surface area contributed by atoms with Crippen molar-refractivity contribution in [3.63, 3.8) is 0 Å². The van der Waals surface area contributed by atoms with Gasteiger partial charge in [0.1, 0.15) is 6.61 Å². The largest absolute Gasteiger partial charge is 0.445 e. The van der Waals surface area contributed by atoms with E-state index < -0.39 is 6.09 Å². The lowest BCUT2D eigenvalue weighted by atomic mass is 10.2. The number of carbonyl (C=O) groups is 1. The van der Waals surface area contributed by atoms with Crippen molar-refractivity contribution in [1.29, 1.82) is 0 Å². The summed E-state index contributed by atoms with van der Waals surface area (Å²) in [6.07, 6.45) is -0.459. The second kappa shape index (κ2) is 23.1. The van der Waals surface area contributed by atoms with Crippen LogP contribution in [0.3, 0.4) is 0 Å². The first kappa shape index (κ1) is 29.0. The number of alkyl carbamates (subject to hydrolysis) is 1. The smallest absolute Gasteiger partial charge is 0.407 e. The Morgan fingerprint density at radius 1 is 0.656 bits per heavy atom. The van der Waals surface area contributed by atoms with Gasteiger partial charge in [-0.1, -0.05) is 52.9 Å². The molecule has 0 fully saturated rings. The minimum absolute atomic E-state index is 0.249. The molecular weight excluding hydrogens is 533 g/mol. The summed E-state index contributed by atoms with van der Waals surface area (Å²) in [5.74, 6) is 0. The Balaban J connectivity index is 1.71. The van der Waals surface area contributed by atoms with E-state index in [0.29, 0.717) is 79.2 Å². The molecule has 0 spiro atoms. The zero-order valence-corrected chi connectivity index (χ0v) is 20.8. The van der Waals surface area contributed by atoms with Crippen LogP contribution in [0.25, 0.3) is 0 Å². The van der Waals surface area contributed by atoms with Gasteiger partial charge in [0.25, 0.3) is 0 Å². The average molecular weight is 569 g/mol. The lowest BCUT2D eigenvalue weighted by Crippen LogP contribution is -2.28. The van der Waals surface area contributed by atoms with Gasteiger partial charge in [0.15, 0.2) is 0 Å². The summed E-state index contributed by atoms with van der Waals surface area (Å²) in [7, 11) is 0. The monoisotopic (exact) mass is 569 g/mol. The number of hydrogen-bond acceptors (Lipinski definition) is 8. The molecule has 0 atom stereocenters. The molecule has 9 nitrogen and oxygen atoms in total. The van der Waals surface area contributed by atoms with Crippen LogP contribution in [0.4, 0.5) is 4.79 Å². The molecule has 32 heavy (non-hydrogen) atoms. The Bertz CT molecular complexity index is 538. The van der Waals surface area contributed by atoms with Crippen LogP contribution in [0.5, 0.6) is 0 Å². The van der Waals surface area contributed by atoms with Gasteiger partial charge < -0.3 is 38.5 Å². The third kappa shape index (κ3) is 19.6. The molecule has 1 aromatic rings. The number of benzene rings is 1. The molecular formula is C22H36INO8. The first-order valence-electron chi connectivity index (χ1n) is 10.8. The fourth-order valence-corrected chi connectivity index (χ4v) is 2.57. The van der Waals surface area contributed by atoms with Crippen molar-refractivity contribution in [2.75, 3.05) is 90.3 Å². The molecule has 0 aromatic heterocycles. The average Bonchev–Trinajstić information content (AvgIpc) is 2.82. The van der Waals surface area contributed by atoms with Gasteiger partial charge in [0.05, 0.1) is 79.3 Å². The van der Waals surface area contributed by atoms with E-state index in [0.717, 1.165) is 16.6 Å². The highest BCUT2D eigenvalue weighted by molar-refractivity contribution is 14.1. The Morgan fingerprint density at radius 2 is 1.09 bits per heavy atom. The Morgan fingerprint density at radius 3 is 1.56 bits per heavy atom. The lowest BCUT2D eigenvalue weighted by Gasteiger charge is -2.09. The summed E-state index contributed by atoms with van der Waals surface area (Å²) in [4.78, 5) is 11.6. The summed E-state index contributed by atoms with van der Waals surface area (Å²) in [6.45, 7) is 7.07. The second-order valence-corrected chi connectivity index (χ2v) is 7.43. The van der Waals surface area contributed by atoms with Gasteiger partial charge in [-0.15, -0.1) is 0 Å². The van der Waals surface area contributed by atoms with E-state index >= 15 is 0 Å². The van der Waals surface area contributed by atoms with E-state index in [9.17, 15) is 4.79 Å². The number of ether oxygens (including phenoxy) is 7. The molecule has 0 unspecified atom stereocenters. The molecule has 184 valence electrons. The van der Waals surface area contributed by atoms with E-state index in [2.05, 4.69) is 27.9 Å². The topological polar surface area (TPSA) is 93.7 Å². The molecule has 0 heterocycles. The summed E-state index contributed by atoms with van der Waals surface area (Å²) < 4.78 is 38.4. The number of rotatable bonds is 22. The molecule has 1 amide bonds. The maximum atomic E-state index is 11.6. The van der Waals surface area contributed by atoms with Crippen LogP contribution in [-0.4, -0.2) is 96.3 Å². The number of carbonyl (C=O) groups excluding carboxylic acids is 1. The number of hydrogen-bond donors (Lipinski definition) is 1. The predicted molar refractivity (Wildman–Crippen MR) is 128 cm³/mol. The molecule has 0 aliphatic heterocycles. The van der Waals surface area contributed by atoms with Gasteiger partial charge in [-0.05, 0) is 5.56 Å². The number of alkyl halides is 1. The first-order chi connectivity index (χ1) is 15.8. The summed E-state index contributed by atoms with van der Waals surface area (Å²) in [5, 5.41) is 2.64. The maximum Gasteiger partial charge on any atom is 0.407 e. The van der Waals surface area contributed by atoms with Crippen LogP contribution in [0.2, 0.25) is 0 Å². The third-order valence-corrected chi connectivity index (χ3v) is 4.25. The van der Waals surface area contributed by atoms with Crippen molar-refractivity contribution in [3.8, 4) is 0 Å². The standard InChI is InChI=1S/C22H36INO8/c23-6-8-26-10-12-28-14-16-30-18-19-31-17-15-29-13-11-27-9-7-24-22(25)32-20-21-4-2-1-3-5-21/h1-5H,6-20H2,(H,24,25). The van der Waals surface area contributed by atoms with Gasteiger partial charge in [-0.3, -0.25) is 0 Å². The highest BCUT2D eigenvalue weighted by Gasteiger charge is 2.01. The number of nitrogens with one attached hydrogen (secondary N) is 1. The minimum atomic E-state index is -0.459. The van der Waals surface area contributed by atoms with Gasteiger partial charge in [0, 0.05) is 11.0 Å². The van der Waals surface area contributed by atoms with Crippen molar-refractivity contribution >= 4 is 28.7 Å². The zero-order valence-electron chi connectivity index (χ0n) is 18.6. The molecule has 0 aliphatic rings. The van der Waals surface area contributed by atoms with E-state index in [4.69, 9.17) is 33.2 Å². The quantitative estimate of drug-likeness (QED) is 0.129. The molecule has 0 bridgehead atoms. The Hall–Kier alpha value is -1.02. The van der Waals surface area contributed by atoms with Crippen molar-refractivity contribution in [3.05, 3.63) is 35.9 Å². The fourth-order valence-electron chi connectivity index (χ4n) is 2.26. The number of halogens is 1. The Kier molecular flexibility index (Phi) is 21.0. The normalized spacial score (nSPS) is 10.9. The van der Waals surface area contributed by atoms with Gasteiger partial charge in [-0.2, -0.15) is 0 Å². The minimum Gasteiger partial charge on any atom is -0.445 e. The van der Waals surface area contributed by atoms with Crippen LogP contribution in [0.15, 0.2) is 30.3 Å². The molecule has 0 aliphatic carbocycles. The van der Waals surface area contributed by atoms with Crippen LogP contribution in [-0.2, 0) is 39.8 Å². The molecule has 0 saturated carbocycles. The highest BCUT2D eigenvalue weighted by Crippen LogP contribution is 2.00. The predicted octanol–water partition coefficient (Wildman–Crippen LogP) is 2.45. The molecule has 1 aromatic carbocycles. The maximum absolute atomic E-state index is 11.6. The molecule has 10 heteroatoms. The summed E-state index contributed by atoms with van der Waals surface area (Å²) in [5.41, 5.74) is 0.946. The molecule has 1 N–H and O–H groups in total. The van der Waals surface area contributed by atoms with E-state index in [-0.39, 0.29) is 6.61 Å². The van der Waals surface area contributed by atoms with Crippen molar-refractivity contribution in [1.82, 2.24) is 5.32 Å². The van der Waals surface area contributed by atoms with Crippen LogP contribution >= 0.6 is 22.6 Å². The second-order valence-electron chi connectivity index (χ2n) is 6.35. The van der Waals surface area contributed by atoms with Gasteiger partial charge >= 0.3 is 6.09 Å². The molecule has 1 rings (SSSR count). The van der Waals surface area contributed by atoms with Crippen molar-refractivity contribution < 1.29 is 38.0 Å². The van der Waals surface area contributed by atoms with Crippen LogP contribution in [0, 0.1) is 0 Å². The van der Waals surface area contributed by atoms with Gasteiger partial charge in [-0.25, -0.2) is 4.79 Å². The van der Waals surface area contributed by atoms with Crippen LogP contribution < -0.4 is 5.32 Å².